The van der Waals surface area contributed by atoms with Gasteiger partial charge in [-0.25, -0.2) is 22.4 Å². The highest BCUT2D eigenvalue weighted by molar-refractivity contribution is 7.88. The summed E-state index contributed by atoms with van der Waals surface area (Å²) in [6.45, 7) is 4.55. The van der Waals surface area contributed by atoms with Crippen LogP contribution in [0.15, 0.2) is 30.3 Å². The fraction of sp³-hybridized carbons (Fsp3) is 0.478. The van der Waals surface area contributed by atoms with Crippen LogP contribution in [0.2, 0.25) is 0 Å². The average molecular weight is 494 g/mol. The van der Waals surface area contributed by atoms with Crippen LogP contribution in [0.4, 0.5) is 24.7 Å². The predicted molar refractivity (Wildman–Crippen MR) is 124 cm³/mol. The van der Waals surface area contributed by atoms with Crippen LogP contribution in [0.25, 0.3) is 11.3 Å². The lowest BCUT2D eigenvalue weighted by Gasteiger charge is -2.34. The number of hydrogen-bond acceptors (Lipinski definition) is 4. The second kappa shape index (κ2) is 8.53. The van der Waals surface area contributed by atoms with Gasteiger partial charge in [0, 0.05) is 76.7 Å². The van der Waals surface area contributed by atoms with Gasteiger partial charge in [0.05, 0.1) is 11.4 Å². The minimum atomic E-state index is -2.71. The molecule has 1 saturated carbocycles. The summed E-state index contributed by atoms with van der Waals surface area (Å²) < 4.78 is 58.0. The van der Waals surface area contributed by atoms with Crippen LogP contribution in [0.5, 0.6) is 0 Å². The number of carbonyl (C=O) groups excluding carboxylic acids is 1. The fourth-order valence-electron chi connectivity index (χ4n) is 4.51. The quantitative estimate of drug-likeness (QED) is 0.643. The monoisotopic (exact) mass is 493 g/mol. The summed E-state index contributed by atoms with van der Waals surface area (Å²) >= 11 is -1.66. The molecular weight excluding hydrogens is 467 g/mol. The first-order valence-electron chi connectivity index (χ1n) is 11.2. The van der Waals surface area contributed by atoms with Crippen LogP contribution in [0.3, 0.4) is 0 Å². The summed E-state index contributed by atoms with van der Waals surface area (Å²) in [4.78, 5) is 20.0. The van der Waals surface area contributed by atoms with Crippen molar-refractivity contribution in [1.82, 2.24) is 14.8 Å². The van der Waals surface area contributed by atoms with Crippen LogP contribution < -0.4 is 8.61 Å². The van der Waals surface area contributed by atoms with E-state index < -0.39 is 23.0 Å². The van der Waals surface area contributed by atoms with Crippen LogP contribution >= 0.6 is 0 Å². The Labute approximate surface area is 198 Å². The fourth-order valence-corrected chi connectivity index (χ4v) is 5.71. The number of carbonyl (C=O) groups is 1. The summed E-state index contributed by atoms with van der Waals surface area (Å²) in [6.07, 6.45) is -0.201. The van der Waals surface area contributed by atoms with Gasteiger partial charge < -0.3 is 4.90 Å². The SMILES string of the molecule is CC(=O)N1CCN(Cc2cccc(-c3ccc4c(n3)N(C)S(=O)N4CC3CC3(F)F)c2F)CC1. The van der Waals surface area contributed by atoms with Crippen molar-refractivity contribution >= 4 is 28.6 Å². The first-order valence-corrected chi connectivity index (χ1v) is 12.3. The van der Waals surface area contributed by atoms with E-state index in [0.29, 0.717) is 61.0 Å². The van der Waals surface area contributed by atoms with E-state index in [9.17, 15) is 17.8 Å². The number of nitrogens with zero attached hydrogens (tertiary/aromatic N) is 5. The summed E-state index contributed by atoms with van der Waals surface area (Å²) in [5, 5.41) is 0. The molecule has 0 bridgehead atoms. The Kier molecular flexibility index (Phi) is 5.79. The van der Waals surface area contributed by atoms with E-state index in [0.717, 1.165) is 0 Å². The van der Waals surface area contributed by atoms with Crippen LogP contribution in [-0.4, -0.2) is 70.6 Å². The second-order valence-corrected chi connectivity index (χ2v) is 10.5. The number of fused-ring (bicyclic) bond motifs is 1. The van der Waals surface area contributed by atoms with E-state index >= 15 is 4.39 Å². The molecule has 1 aromatic heterocycles. The van der Waals surface area contributed by atoms with Gasteiger partial charge in [-0.2, -0.15) is 0 Å². The Morgan fingerprint density at radius 1 is 1.18 bits per heavy atom. The van der Waals surface area contributed by atoms with Crippen molar-refractivity contribution in [1.29, 1.82) is 0 Å². The second-order valence-electron chi connectivity index (χ2n) is 9.05. The van der Waals surface area contributed by atoms with E-state index in [4.69, 9.17) is 0 Å². The predicted octanol–water partition coefficient (Wildman–Crippen LogP) is 3.04. The largest absolute Gasteiger partial charge is 0.340 e. The number of pyridine rings is 1. The van der Waals surface area contributed by atoms with Crippen LogP contribution in [0, 0.1) is 11.7 Å². The summed E-state index contributed by atoms with van der Waals surface area (Å²) in [5.41, 5.74) is 1.76. The van der Waals surface area contributed by atoms with Gasteiger partial charge in [-0.05, 0) is 18.2 Å². The molecule has 2 aromatic rings. The number of benzene rings is 1. The summed E-state index contributed by atoms with van der Waals surface area (Å²) in [7, 11) is 1.59. The number of anilines is 2. The van der Waals surface area contributed by atoms with Gasteiger partial charge >= 0.3 is 0 Å². The molecule has 34 heavy (non-hydrogen) atoms. The number of rotatable bonds is 5. The Morgan fingerprint density at radius 2 is 1.88 bits per heavy atom. The molecule has 2 unspecified atom stereocenters. The lowest BCUT2D eigenvalue weighted by Crippen LogP contribution is -2.47. The maximum Gasteiger partial charge on any atom is 0.253 e. The van der Waals surface area contributed by atoms with Gasteiger partial charge in [0.2, 0.25) is 17.1 Å². The average Bonchev–Trinajstić information content (AvgIpc) is 3.35. The zero-order valence-corrected chi connectivity index (χ0v) is 19.8. The molecule has 0 N–H and O–H groups in total. The molecule has 3 aliphatic rings. The Morgan fingerprint density at radius 3 is 2.53 bits per heavy atom. The highest BCUT2D eigenvalue weighted by Gasteiger charge is 2.58. The topological polar surface area (TPSA) is 60.0 Å². The van der Waals surface area contributed by atoms with E-state index in [1.807, 2.05) is 0 Å². The molecule has 3 heterocycles. The zero-order chi connectivity index (χ0) is 24.2. The Balaban J connectivity index is 1.36. The molecular formula is C23H26F3N5O2S. The van der Waals surface area contributed by atoms with E-state index in [1.54, 1.807) is 49.2 Å². The summed E-state index contributed by atoms with van der Waals surface area (Å²) in [6, 6.07) is 8.48. The molecule has 1 amide bonds. The molecule has 0 spiro atoms. The number of alkyl halides is 2. The van der Waals surface area contributed by atoms with Crippen LogP contribution in [0.1, 0.15) is 18.9 Å². The number of amides is 1. The minimum Gasteiger partial charge on any atom is -0.340 e. The molecule has 2 aliphatic heterocycles. The van der Waals surface area contributed by atoms with E-state index in [2.05, 4.69) is 9.88 Å². The van der Waals surface area contributed by atoms with Crippen LogP contribution in [-0.2, 0) is 22.5 Å². The Hall–Kier alpha value is -2.66. The maximum absolute atomic E-state index is 15.5. The standard InChI is InChI=1S/C23H26F3N5O2S/c1-15(32)30-10-8-29(9-11-30)13-16-4-3-5-18(21(16)24)19-6-7-20-22(27-19)28(2)34(33)31(20)14-17-12-23(17,25)26/h3-7,17H,8-14H2,1-2H3. The van der Waals surface area contributed by atoms with Gasteiger partial charge in [-0.1, -0.05) is 12.1 Å². The normalized spacial score (nSPS) is 23.9. The molecule has 1 aromatic carbocycles. The molecule has 5 rings (SSSR count). The summed E-state index contributed by atoms with van der Waals surface area (Å²) in [5.74, 6) is -3.47. The van der Waals surface area contributed by atoms with Gasteiger partial charge in [0.15, 0.2) is 5.82 Å². The van der Waals surface area contributed by atoms with Crippen molar-refractivity contribution in [3.05, 3.63) is 41.7 Å². The lowest BCUT2D eigenvalue weighted by atomic mass is 10.0. The first kappa shape index (κ1) is 23.1. The van der Waals surface area contributed by atoms with Crippen molar-refractivity contribution in [2.24, 2.45) is 5.92 Å². The number of halogens is 3. The minimum absolute atomic E-state index is 0.0152. The zero-order valence-electron chi connectivity index (χ0n) is 19.0. The molecule has 2 fully saturated rings. The molecule has 1 saturated heterocycles. The van der Waals surface area contributed by atoms with Crippen molar-refractivity contribution in [2.75, 3.05) is 48.4 Å². The van der Waals surface area contributed by atoms with Gasteiger partial charge in [-0.3, -0.25) is 18.3 Å². The Bertz CT molecular complexity index is 1160. The molecule has 11 heteroatoms. The third-order valence-electron chi connectivity index (χ3n) is 6.75. The third-order valence-corrected chi connectivity index (χ3v) is 8.12. The van der Waals surface area contributed by atoms with Crippen molar-refractivity contribution in [3.8, 4) is 11.3 Å². The van der Waals surface area contributed by atoms with Gasteiger partial charge in [0.1, 0.15) is 5.82 Å². The highest BCUT2D eigenvalue weighted by Crippen LogP contribution is 2.51. The molecule has 2 atom stereocenters. The van der Waals surface area contributed by atoms with Crippen molar-refractivity contribution in [2.45, 2.75) is 25.8 Å². The van der Waals surface area contributed by atoms with E-state index in [1.165, 1.54) is 8.61 Å². The van der Waals surface area contributed by atoms with Crippen molar-refractivity contribution in [3.63, 3.8) is 0 Å². The van der Waals surface area contributed by atoms with Crippen molar-refractivity contribution < 1.29 is 22.2 Å². The van der Waals surface area contributed by atoms with E-state index in [-0.39, 0.29) is 24.7 Å². The molecule has 7 nitrogen and oxygen atoms in total. The number of hydrogen-bond donors (Lipinski definition) is 0. The highest BCUT2D eigenvalue weighted by atomic mass is 32.2. The lowest BCUT2D eigenvalue weighted by molar-refractivity contribution is -0.130. The van der Waals surface area contributed by atoms with Gasteiger partial charge in [0.25, 0.3) is 5.92 Å². The maximum atomic E-state index is 15.5. The molecule has 182 valence electrons. The molecule has 0 radical (unpaired) electrons. The molecule has 1 aliphatic carbocycles. The number of aromatic nitrogens is 1. The smallest absolute Gasteiger partial charge is 0.253 e. The third kappa shape index (κ3) is 4.15. The van der Waals surface area contributed by atoms with Gasteiger partial charge in [-0.15, -0.1) is 0 Å². The number of piperazine rings is 1. The first-order chi connectivity index (χ1) is 16.2.